The molecule has 0 saturated carbocycles. The Morgan fingerprint density at radius 3 is 1.57 bits per heavy atom. The van der Waals surface area contributed by atoms with Crippen LogP contribution in [-0.4, -0.2) is 151 Å². The number of aliphatic hydroxyl groups excluding tert-OH is 1. The Labute approximate surface area is 456 Å². The molecule has 0 aromatic heterocycles. The Hall–Kier alpha value is -6.80. The summed E-state index contributed by atoms with van der Waals surface area (Å²) in [6, 6.07) is 14.1. The number of nitrogens with one attached hydrogen (secondary N) is 9. The minimum Gasteiger partial charge on any atom is -0.508 e. The standard InChI is InChI=1S/C44H58ClN9O10S2.C4H10N2O.C2H6O/c1-47-20-4-3-5-33(42(62)49-23-38(58)48-24-39(59)52-34(41(46)61)21-28-8-15-31(55)16-9-28)51-40(60)25-50-43(63)35(22-29-10-17-32(56)18-11-29)54-44(64)36(26-66-65-2)53-37(57)19-12-27-6-13-30(45)14-7-27;1-2-3-6-4(5)7;1-2-3/h6-11,13-18,33-36,47,55-56H,3-5,12,19-26H2,1-2H3,(H2,46,61)(H,48,58)(H,49,62)(H,50,63)(H,51,60)(H,52,59)(H,53,57)(H,54,64);2-3H2,1H3,(H3,5,6,7);3H,2H2,1H3. The van der Waals surface area contributed by atoms with Gasteiger partial charge < -0.3 is 74.6 Å². The number of carbonyl (C=O) groups is 9. The molecule has 0 aliphatic rings. The van der Waals surface area contributed by atoms with Crippen LogP contribution in [0.2, 0.25) is 5.02 Å². The first-order valence-corrected chi connectivity index (χ1v) is 27.4. The molecule has 0 aliphatic heterocycles. The SMILES string of the molecule is CCCNC(N)=O.CCO.CNCCCCC(NC(=O)CNC(=O)C(Cc1ccc(O)cc1)NC(=O)C(CSSC)NC(=O)CCc1ccc(Cl)cc1)C(=O)NCC(=O)NCC(=O)NC(Cc1ccc(O)cc1)C(N)=O. The molecule has 0 fully saturated rings. The summed E-state index contributed by atoms with van der Waals surface area (Å²) in [6.45, 7) is 3.51. The van der Waals surface area contributed by atoms with Gasteiger partial charge in [0.25, 0.3) is 0 Å². The van der Waals surface area contributed by atoms with Gasteiger partial charge in [-0.2, -0.15) is 0 Å². The van der Waals surface area contributed by atoms with Crippen molar-refractivity contribution < 1.29 is 58.5 Å². The van der Waals surface area contributed by atoms with Crippen molar-refractivity contribution in [1.29, 1.82) is 0 Å². The number of nitrogens with two attached hydrogens (primary N) is 2. The zero-order valence-corrected chi connectivity index (χ0v) is 45.6. The van der Waals surface area contributed by atoms with Crippen molar-refractivity contribution in [2.24, 2.45) is 11.5 Å². The number of amides is 10. The van der Waals surface area contributed by atoms with Gasteiger partial charge in [-0.3, -0.25) is 38.4 Å². The molecule has 420 valence electrons. The fraction of sp³-hybridized carbons (Fsp3) is 0.460. The van der Waals surface area contributed by atoms with Gasteiger partial charge in [-0.1, -0.05) is 76.5 Å². The predicted molar refractivity (Wildman–Crippen MR) is 294 cm³/mol. The molecule has 3 aromatic rings. The van der Waals surface area contributed by atoms with Gasteiger partial charge >= 0.3 is 6.03 Å². The molecule has 0 spiro atoms. The molecule has 0 saturated heterocycles. The highest BCUT2D eigenvalue weighted by atomic mass is 35.5. The third kappa shape index (κ3) is 31.2. The van der Waals surface area contributed by atoms with Gasteiger partial charge in [0.05, 0.1) is 19.6 Å². The van der Waals surface area contributed by atoms with Crippen LogP contribution in [0.3, 0.4) is 0 Å². The van der Waals surface area contributed by atoms with Crippen molar-refractivity contribution in [3.05, 3.63) is 94.5 Å². The maximum Gasteiger partial charge on any atom is 0.312 e. The first-order chi connectivity index (χ1) is 36.2. The van der Waals surface area contributed by atoms with Crippen molar-refractivity contribution in [3.63, 3.8) is 0 Å². The van der Waals surface area contributed by atoms with Crippen LogP contribution in [0.15, 0.2) is 72.8 Å². The molecular formula is C50H74ClN11O12S2. The third-order valence-electron chi connectivity index (χ3n) is 10.3. The minimum atomic E-state index is -1.23. The summed E-state index contributed by atoms with van der Waals surface area (Å²) in [4.78, 5) is 114. The number of aryl methyl sites for hydroxylation is 1. The highest BCUT2D eigenvalue weighted by Gasteiger charge is 2.29. The van der Waals surface area contributed by atoms with E-state index >= 15 is 0 Å². The molecular weight excluding hydrogens is 1050 g/mol. The zero-order chi connectivity index (χ0) is 56.8. The molecule has 3 aromatic carbocycles. The Morgan fingerprint density at radius 2 is 1.07 bits per heavy atom. The molecule has 4 unspecified atom stereocenters. The van der Waals surface area contributed by atoms with Gasteiger partial charge in [0.15, 0.2) is 0 Å². The number of hydrogen-bond acceptors (Lipinski definition) is 15. The number of carbonyl (C=O) groups excluding carboxylic acids is 9. The van der Waals surface area contributed by atoms with E-state index in [4.69, 9.17) is 28.2 Å². The summed E-state index contributed by atoms with van der Waals surface area (Å²) >= 11 is 5.97. The van der Waals surface area contributed by atoms with E-state index in [0.717, 1.165) is 12.0 Å². The third-order valence-corrected chi connectivity index (χ3v) is 12.4. The van der Waals surface area contributed by atoms with E-state index in [1.54, 1.807) is 62.5 Å². The fourth-order valence-corrected chi connectivity index (χ4v) is 7.86. The number of phenolic OH excluding ortho intramolecular Hbond substituents is 2. The number of unbranched alkanes of at least 4 members (excludes halogenated alkanes) is 1. The average Bonchev–Trinajstić information content (AvgIpc) is 3.39. The first kappa shape index (κ1) is 67.2. The van der Waals surface area contributed by atoms with Crippen LogP contribution in [0, 0.1) is 0 Å². The highest BCUT2D eigenvalue weighted by Crippen LogP contribution is 2.19. The van der Waals surface area contributed by atoms with Crippen molar-refractivity contribution in [2.75, 3.05) is 58.4 Å². The number of hydrogen-bond donors (Lipinski definition) is 14. The van der Waals surface area contributed by atoms with Crippen molar-refractivity contribution in [3.8, 4) is 11.5 Å². The maximum atomic E-state index is 13.7. The molecule has 23 nitrogen and oxygen atoms in total. The topological polar surface area (TPSA) is 375 Å². The quantitative estimate of drug-likeness (QED) is 0.0307. The molecule has 0 bridgehead atoms. The summed E-state index contributed by atoms with van der Waals surface area (Å²) in [5.41, 5.74) is 12.2. The van der Waals surface area contributed by atoms with Crippen LogP contribution >= 0.6 is 33.2 Å². The molecule has 0 radical (unpaired) electrons. The second kappa shape index (κ2) is 39.6. The minimum absolute atomic E-state index is 0.0115. The van der Waals surface area contributed by atoms with Crippen LogP contribution in [0.4, 0.5) is 4.79 Å². The smallest absolute Gasteiger partial charge is 0.312 e. The summed E-state index contributed by atoms with van der Waals surface area (Å²) in [5, 5.41) is 50.7. The number of aliphatic hydroxyl groups is 1. The van der Waals surface area contributed by atoms with Gasteiger partial charge in [-0.25, -0.2) is 4.79 Å². The lowest BCUT2D eigenvalue weighted by atomic mass is 10.0. The molecule has 0 heterocycles. The van der Waals surface area contributed by atoms with Gasteiger partial charge in [0.1, 0.15) is 35.7 Å². The van der Waals surface area contributed by atoms with E-state index in [9.17, 15) is 53.4 Å². The van der Waals surface area contributed by atoms with Crippen LogP contribution in [0.25, 0.3) is 0 Å². The van der Waals surface area contributed by atoms with E-state index in [-0.39, 0.29) is 55.4 Å². The van der Waals surface area contributed by atoms with Crippen molar-refractivity contribution >= 4 is 86.5 Å². The number of benzene rings is 3. The molecule has 76 heavy (non-hydrogen) atoms. The lowest BCUT2D eigenvalue weighted by Crippen LogP contribution is -2.56. The lowest BCUT2D eigenvalue weighted by molar-refractivity contribution is -0.133. The molecule has 16 N–H and O–H groups in total. The summed E-state index contributed by atoms with van der Waals surface area (Å²) in [7, 11) is 4.49. The van der Waals surface area contributed by atoms with E-state index in [1.807, 2.05) is 13.2 Å². The monoisotopic (exact) mass is 1120 g/mol. The summed E-state index contributed by atoms with van der Waals surface area (Å²) in [5.74, 6) is -5.29. The second-order valence-corrected chi connectivity index (χ2v) is 19.6. The van der Waals surface area contributed by atoms with Crippen LogP contribution < -0.4 is 59.3 Å². The number of rotatable bonds is 31. The first-order valence-electron chi connectivity index (χ1n) is 24.3. The van der Waals surface area contributed by atoms with Gasteiger partial charge in [0.2, 0.25) is 47.3 Å². The van der Waals surface area contributed by atoms with Gasteiger partial charge in [0, 0.05) is 43.2 Å². The normalized spacial score (nSPS) is 11.9. The van der Waals surface area contributed by atoms with E-state index < -0.39 is 91.2 Å². The number of urea groups is 1. The average molecular weight is 1120 g/mol. The molecule has 26 heteroatoms. The molecule has 3 rings (SSSR count). The largest absolute Gasteiger partial charge is 0.508 e. The van der Waals surface area contributed by atoms with Crippen LogP contribution in [0.5, 0.6) is 11.5 Å². The molecule has 10 amide bonds. The fourth-order valence-electron chi connectivity index (χ4n) is 6.41. The lowest BCUT2D eigenvalue weighted by Gasteiger charge is -2.23. The van der Waals surface area contributed by atoms with E-state index in [1.165, 1.54) is 45.9 Å². The number of aromatic hydroxyl groups is 2. The summed E-state index contributed by atoms with van der Waals surface area (Å²) < 4.78 is 0. The Morgan fingerprint density at radius 1 is 0.579 bits per heavy atom. The summed E-state index contributed by atoms with van der Waals surface area (Å²) in [6.07, 6.45) is 4.57. The number of halogens is 1. The highest BCUT2D eigenvalue weighted by molar-refractivity contribution is 8.76. The Kier molecular flexibility index (Phi) is 35.0. The number of phenols is 2. The number of primary amides is 2. The van der Waals surface area contributed by atoms with Crippen LogP contribution in [0.1, 0.15) is 62.6 Å². The zero-order valence-electron chi connectivity index (χ0n) is 43.2. The van der Waals surface area contributed by atoms with Gasteiger partial charge in [-0.05, 0) is 112 Å². The Balaban J connectivity index is 0.00000263. The molecule has 0 aliphatic carbocycles. The van der Waals surface area contributed by atoms with Crippen molar-refractivity contribution in [1.82, 2.24) is 47.9 Å². The maximum absolute atomic E-state index is 13.7. The van der Waals surface area contributed by atoms with Gasteiger partial charge in [-0.15, -0.1) is 0 Å². The molecule has 4 atom stereocenters. The van der Waals surface area contributed by atoms with Crippen LogP contribution in [-0.2, 0) is 57.6 Å². The van der Waals surface area contributed by atoms with Crippen molar-refractivity contribution in [2.45, 2.75) is 89.4 Å². The predicted octanol–water partition coefficient (Wildman–Crippen LogP) is 0.407. The van der Waals surface area contributed by atoms with E-state index in [2.05, 4.69) is 47.9 Å². The van der Waals surface area contributed by atoms with E-state index in [0.29, 0.717) is 48.5 Å². The second-order valence-electron chi connectivity index (χ2n) is 16.6. The Bertz CT molecular complexity index is 2270.